The zero-order valence-corrected chi connectivity index (χ0v) is 27.1. The second kappa shape index (κ2) is 13.9. The normalized spacial score (nSPS) is 16.8. The third-order valence-electron chi connectivity index (χ3n) is 7.07. The monoisotopic (exact) mass is 694 g/mol. The Morgan fingerprint density at radius 2 is 1.96 bits per heavy atom. The van der Waals surface area contributed by atoms with E-state index in [1.165, 1.54) is 19.2 Å². The second-order valence-electron chi connectivity index (χ2n) is 10.8. The Hall–Kier alpha value is -4.83. The molecule has 4 rings (SSSR count). The van der Waals surface area contributed by atoms with Crippen molar-refractivity contribution in [1.82, 2.24) is 24.5 Å². The molecule has 1 aromatic carbocycles. The number of amides is 3. The number of hydroxylamine groups is 2. The molecule has 254 valence electrons. The predicted molar refractivity (Wildman–Crippen MR) is 166 cm³/mol. The van der Waals surface area contributed by atoms with Gasteiger partial charge in [-0.25, -0.2) is 4.98 Å². The number of nitrogens with two attached hydrogens (primary N) is 3. The van der Waals surface area contributed by atoms with Crippen LogP contribution in [-0.2, 0) is 47.5 Å². The molecule has 19 nitrogen and oxygen atoms in total. The minimum atomic E-state index is -5.01. The van der Waals surface area contributed by atoms with Crippen LogP contribution in [0.25, 0.3) is 11.3 Å². The van der Waals surface area contributed by atoms with E-state index in [-0.39, 0.29) is 10.8 Å². The Morgan fingerprint density at radius 1 is 1.28 bits per heavy atom. The molecule has 9 N–H and O–H groups in total. The number of rotatable bonds is 15. The molecule has 1 aliphatic rings. The average Bonchev–Trinajstić information content (AvgIpc) is 3.56. The second-order valence-corrected chi connectivity index (χ2v) is 12.7. The molecule has 2 aromatic heterocycles. The molecule has 0 aliphatic carbocycles. The van der Waals surface area contributed by atoms with Gasteiger partial charge in [-0.2, -0.15) is 13.5 Å². The molecular weight excluding hydrogens is 660 g/mol. The molecule has 2 unspecified atom stereocenters. The van der Waals surface area contributed by atoms with Crippen molar-refractivity contribution in [2.75, 3.05) is 18.9 Å². The molecule has 1 saturated heterocycles. The van der Waals surface area contributed by atoms with Crippen molar-refractivity contribution in [2.45, 2.75) is 44.5 Å². The fourth-order valence-electron chi connectivity index (χ4n) is 4.50. The van der Waals surface area contributed by atoms with Crippen LogP contribution in [0, 0.1) is 5.41 Å². The van der Waals surface area contributed by atoms with Crippen LogP contribution >= 0.6 is 11.3 Å². The highest BCUT2D eigenvalue weighted by Crippen LogP contribution is 2.33. The van der Waals surface area contributed by atoms with Gasteiger partial charge in [-0.1, -0.05) is 5.16 Å². The van der Waals surface area contributed by atoms with Gasteiger partial charge in [0.1, 0.15) is 24.1 Å². The molecular formula is C26H34N10O9S2. The van der Waals surface area contributed by atoms with Gasteiger partial charge in [0, 0.05) is 25.2 Å². The van der Waals surface area contributed by atoms with Crippen molar-refractivity contribution >= 4 is 50.3 Å². The SMILES string of the molecule is Cn1c(-c2ccc(OCC(O/N=C(\C(=O)NC3C(=O)N(OS(=O)(=O)O)C3(C)C)c3csc(N)n3)C(N)=O)cc2)cn(CCCN)c1=N. The van der Waals surface area contributed by atoms with E-state index in [0.29, 0.717) is 29.5 Å². The van der Waals surface area contributed by atoms with Gasteiger partial charge in [0.05, 0.1) is 11.2 Å². The third kappa shape index (κ3) is 7.94. The molecule has 0 bridgehead atoms. The van der Waals surface area contributed by atoms with Crippen molar-refractivity contribution < 1.29 is 41.2 Å². The number of oxime groups is 1. The number of ether oxygens (including phenoxy) is 1. The summed E-state index contributed by atoms with van der Waals surface area (Å²) in [7, 11) is -3.23. The smallest absolute Gasteiger partial charge is 0.418 e. The minimum absolute atomic E-state index is 0.0544. The van der Waals surface area contributed by atoms with Gasteiger partial charge < -0.3 is 41.2 Å². The number of hydrogen-bond acceptors (Lipinski definition) is 14. The zero-order chi connectivity index (χ0) is 34.7. The van der Waals surface area contributed by atoms with E-state index in [2.05, 4.69) is 19.7 Å². The first-order chi connectivity index (χ1) is 22.0. The van der Waals surface area contributed by atoms with Crippen LogP contribution in [0.3, 0.4) is 0 Å². The Labute approximate surface area is 272 Å². The van der Waals surface area contributed by atoms with E-state index >= 15 is 0 Å². The van der Waals surface area contributed by atoms with E-state index in [0.717, 1.165) is 29.0 Å². The number of thiazole rings is 1. The molecule has 1 fully saturated rings. The van der Waals surface area contributed by atoms with Crippen LogP contribution < -0.4 is 32.9 Å². The van der Waals surface area contributed by atoms with Crippen LogP contribution in [0.15, 0.2) is 41.0 Å². The largest absolute Gasteiger partial charge is 0.489 e. The van der Waals surface area contributed by atoms with Gasteiger partial charge in [-0.05, 0) is 56.6 Å². The Balaban J connectivity index is 1.46. The van der Waals surface area contributed by atoms with E-state index in [9.17, 15) is 22.8 Å². The van der Waals surface area contributed by atoms with E-state index in [4.69, 9.17) is 36.7 Å². The summed E-state index contributed by atoms with van der Waals surface area (Å²) in [5, 5.41) is 16.3. The van der Waals surface area contributed by atoms with Crippen LogP contribution in [0.1, 0.15) is 26.0 Å². The Morgan fingerprint density at radius 3 is 2.51 bits per heavy atom. The van der Waals surface area contributed by atoms with Gasteiger partial charge in [-0.3, -0.25) is 24.3 Å². The highest BCUT2D eigenvalue weighted by atomic mass is 32.3. The molecule has 3 amide bonds. The van der Waals surface area contributed by atoms with Crippen molar-refractivity contribution in [3.05, 3.63) is 47.2 Å². The van der Waals surface area contributed by atoms with Crippen LogP contribution in [0.4, 0.5) is 5.13 Å². The van der Waals surface area contributed by atoms with Crippen molar-refractivity contribution in [2.24, 2.45) is 23.7 Å². The van der Waals surface area contributed by atoms with Gasteiger partial charge in [0.15, 0.2) is 10.8 Å². The van der Waals surface area contributed by atoms with Crippen LogP contribution in [0.5, 0.6) is 5.75 Å². The lowest BCUT2D eigenvalue weighted by atomic mass is 9.84. The third-order valence-corrected chi connectivity index (χ3v) is 8.08. The van der Waals surface area contributed by atoms with Gasteiger partial charge in [0.25, 0.3) is 17.7 Å². The summed E-state index contributed by atoms with van der Waals surface area (Å²) in [6, 6.07) is 5.55. The lowest BCUT2D eigenvalue weighted by Gasteiger charge is -2.50. The van der Waals surface area contributed by atoms with Crippen molar-refractivity contribution in [1.29, 1.82) is 5.41 Å². The van der Waals surface area contributed by atoms with Crippen LogP contribution in [0.2, 0.25) is 0 Å². The number of anilines is 1. The van der Waals surface area contributed by atoms with Crippen molar-refractivity contribution in [3.8, 4) is 17.0 Å². The highest BCUT2D eigenvalue weighted by molar-refractivity contribution is 7.80. The number of benzene rings is 1. The number of aromatic nitrogens is 3. The topological polar surface area (TPSA) is 286 Å². The minimum Gasteiger partial charge on any atom is -0.489 e. The average molecular weight is 695 g/mol. The summed E-state index contributed by atoms with van der Waals surface area (Å²) in [6.45, 7) is 3.47. The molecule has 0 spiro atoms. The first kappa shape index (κ1) is 35.0. The number of β-lactam (4-membered cyclic amide) rings is 1. The first-order valence-electron chi connectivity index (χ1n) is 13.8. The predicted octanol–water partition coefficient (Wildman–Crippen LogP) is -1.15. The fraction of sp³-hybridized carbons (Fsp3) is 0.385. The quantitative estimate of drug-likeness (QED) is 0.0476. The zero-order valence-electron chi connectivity index (χ0n) is 25.4. The maximum atomic E-state index is 13.2. The lowest BCUT2D eigenvalue weighted by molar-refractivity contribution is -0.218. The highest BCUT2D eigenvalue weighted by Gasteiger charge is 2.58. The number of nitrogens with zero attached hydrogens (tertiary/aromatic N) is 5. The molecule has 0 radical (unpaired) electrons. The fourth-order valence-corrected chi connectivity index (χ4v) is 5.50. The van der Waals surface area contributed by atoms with E-state index in [1.54, 1.807) is 40.4 Å². The summed E-state index contributed by atoms with van der Waals surface area (Å²) < 4.78 is 44.7. The molecule has 0 saturated carbocycles. The number of carbonyl (C=O) groups is 3. The maximum Gasteiger partial charge on any atom is 0.418 e. The summed E-state index contributed by atoms with van der Waals surface area (Å²) in [6.07, 6.45) is 1.11. The lowest BCUT2D eigenvalue weighted by Crippen LogP contribution is -2.76. The van der Waals surface area contributed by atoms with E-state index < -0.39 is 58.1 Å². The number of nitrogen functional groups attached to an aromatic ring is 1. The number of nitrogens with one attached hydrogen (secondary N) is 2. The molecule has 1 aliphatic heterocycles. The summed E-state index contributed by atoms with van der Waals surface area (Å²) in [5.41, 5.74) is 16.8. The number of primary amides is 1. The number of imidazole rings is 1. The van der Waals surface area contributed by atoms with Gasteiger partial charge in [-0.15, -0.1) is 15.6 Å². The number of hydrogen-bond donors (Lipinski definition) is 6. The van der Waals surface area contributed by atoms with Gasteiger partial charge >= 0.3 is 10.4 Å². The molecule has 2 atom stereocenters. The summed E-state index contributed by atoms with van der Waals surface area (Å²) >= 11 is 0.976. The number of aryl methyl sites for hydroxylation is 1. The van der Waals surface area contributed by atoms with Crippen molar-refractivity contribution in [3.63, 3.8) is 0 Å². The Bertz CT molecular complexity index is 1850. The maximum absolute atomic E-state index is 13.2. The molecule has 21 heteroatoms. The summed E-state index contributed by atoms with van der Waals surface area (Å²) in [5.74, 6) is -2.58. The van der Waals surface area contributed by atoms with E-state index in [1.807, 2.05) is 6.20 Å². The number of carbonyl (C=O) groups excluding carboxylic acids is 3. The molecule has 47 heavy (non-hydrogen) atoms. The first-order valence-corrected chi connectivity index (χ1v) is 16.1. The molecule has 3 aromatic rings. The Kier molecular flexibility index (Phi) is 10.3. The molecule has 3 heterocycles. The van der Waals surface area contributed by atoms with Crippen LogP contribution in [-0.4, -0.2) is 86.4 Å². The summed E-state index contributed by atoms with van der Waals surface area (Å²) in [4.78, 5) is 47.3. The standard InChI is InChI=1S/C26H34N10O9S2/c1-26(2)20(23(39)36(26)45-47(40,41)42)32-22(38)19(16-13-46-24(29)31-16)33-44-18(21(28)37)12-43-15-7-5-14(6-8-15)17-11-35(10-4-9-27)25(30)34(17)3/h5-8,11,13,18,20,30H,4,9-10,12,27H2,1-3H3,(H2,28,37)(H2,29,31)(H,32,38)(H,40,41,42)/b30-25?,33-19-. The van der Waals surface area contributed by atoms with Gasteiger partial charge in [0.2, 0.25) is 11.7 Å².